The summed E-state index contributed by atoms with van der Waals surface area (Å²) in [5.74, 6) is -0.646. The number of carbonyl (C=O) groups is 1. The van der Waals surface area contributed by atoms with Crippen LogP contribution in [0.2, 0.25) is 5.02 Å². The largest absolute Gasteiger partial charge is 0.378 e. The molecule has 0 bridgehead atoms. The van der Waals surface area contributed by atoms with E-state index in [1.165, 1.54) is 18.2 Å². The first kappa shape index (κ1) is 19.2. The first-order chi connectivity index (χ1) is 13.4. The molecule has 0 radical (unpaired) electrons. The zero-order valence-corrected chi connectivity index (χ0v) is 17.0. The Bertz CT molecular complexity index is 1020. The molecule has 1 fully saturated rings. The van der Waals surface area contributed by atoms with E-state index in [1.54, 1.807) is 0 Å². The van der Waals surface area contributed by atoms with Gasteiger partial charge < -0.3 is 9.64 Å². The fourth-order valence-corrected chi connectivity index (χ4v) is 5.55. The highest BCUT2D eigenvalue weighted by Crippen LogP contribution is 2.34. The van der Waals surface area contributed by atoms with Crippen molar-refractivity contribution in [2.45, 2.75) is 17.7 Å². The van der Waals surface area contributed by atoms with Gasteiger partial charge in [-0.05, 0) is 41.8 Å². The summed E-state index contributed by atoms with van der Waals surface area (Å²) in [6, 6.07) is 12.4. The molecule has 2 aromatic rings. The number of anilines is 1. The summed E-state index contributed by atoms with van der Waals surface area (Å²) in [4.78, 5) is 14.9. The molecule has 1 atom stereocenters. The molecule has 28 heavy (non-hydrogen) atoms. The monoisotopic (exact) mass is 420 g/mol. The maximum atomic E-state index is 12.9. The van der Waals surface area contributed by atoms with Crippen LogP contribution < -0.4 is 4.90 Å². The van der Waals surface area contributed by atoms with Crippen molar-refractivity contribution in [3.63, 3.8) is 0 Å². The van der Waals surface area contributed by atoms with Crippen molar-refractivity contribution in [1.29, 1.82) is 0 Å². The molecule has 2 heterocycles. The van der Waals surface area contributed by atoms with Crippen molar-refractivity contribution >= 4 is 33.2 Å². The molecule has 6 nitrogen and oxygen atoms in total. The van der Waals surface area contributed by atoms with Gasteiger partial charge in [0, 0.05) is 30.3 Å². The Hall–Kier alpha value is -2.09. The van der Waals surface area contributed by atoms with Crippen LogP contribution in [-0.2, 0) is 14.8 Å². The van der Waals surface area contributed by atoms with Crippen LogP contribution in [0, 0.1) is 0 Å². The average Bonchev–Trinajstić information content (AvgIpc) is 2.89. The normalized spacial score (nSPS) is 19.6. The molecule has 1 unspecified atom stereocenters. The molecule has 2 aromatic carbocycles. The van der Waals surface area contributed by atoms with Gasteiger partial charge in [-0.2, -0.15) is 0 Å². The molecule has 0 saturated carbocycles. The molecule has 2 aliphatic rings. The highest BCUT2D eigenvalue weighted by molar-refractivity contribution is 7.90. The van der Waals surface area contributed by atoms with E-state index in [1.807, 2.05) is 25.1 Å². The van der Waals surface area contributed by atoms with Crippen molar-refractivity contribution in [3.05, 3.63) is 58.6 Å². The van der Waals surface area contributed by atoms with Crippen LogP contribution >= 0.6 is 11.6 Å². The molecule has 8 heteroatoms. The summed E-state index contributed by atoms with van der Waals surface area (Å²) in [5, 5.41) is 0.295. The van der Waals surface area contributed by atoms with E-state index in [2.05, 4.69) is 11.0 Å². The zero-order chi connectivity index (χ0) is 19.9. The highest BCUT2D eigenvalue weighted by Gasteiger charge is 2.41. The number of ether oxygens (including phenoxy) is 1. The maximum absolute atomic E-state index is 12.9. The standard InChI is InChI=1S/C20H21ClN2O4S/c1-14(15-3-2-4-17(11-15)22-7-9-27-10-8-22)13-23-20(24)18-6-5-16(21)12-19(18)28(23,25)26/h2-6,11-12,14H,7-10,13H2,1H3. The third kappa shape index (κ3) is 3.38. The smallest absolute Gasteiger partial charge is 0.269 e. The van der Waals surface area contributed by atoms with Crippen LogP contribution in [0.15, 0.2) is 47.4 Å². The number of nitrogens with zero attached hydrogens (tertiary/aromatic N) is 2. The average molecular weight is 421 g/mol. The lowest BCUT2D eigenvalue weighted by atomic mass is 10.00. The van der Waals surface area contributed by atoms with Gasteiger partial charge in [0.15, 0.2) is 0 Å². The van der Waals surface area contributed by atoms with Gasteiger partial charge in [-0.15, -0.1) is 0 Å². The maximum Gasteiger partial charge on any atom is 0.269 e. The number of hydrogen-bond donors (Lipinski definition) is 0. The van der Waals surface area contributed by atoms with E-state index < -0.39 is 15.9 Å². The lowest BCUT2D eigenvalue weighted by Gasteiger charge is -2.29. The second-order valence-electron chi connectivity index (χ2n) is 7.08. The molecule has 0 aromatic heterocycles. The molecule has 4 rings (SSSR count). The number of benzene rings is 2. The lowest BCUT2D eigenvalue weighted by Crippen LogP contribution is -2.36. The van der Waals surface area contributed by atoms with Crippen LogP contribution in [0.4, 0.5) is 5.69 Å². The Labute approximate surface area is 169 Å². The zero-order valence-electron chi connectivity index (χ0n) is 15.5. The quantitative estimate of drug-likeness (QED) is 0.760. The number of amides is 1. The van der Waals surface area contributed by atoms with Crippen LogP contribution in [0.3, 0.4) is 0 Å². The van der Waals surface area contributed by atoms with Gasteiger partial charge in [0.2, 0.25) is 0 Å². The molecule has 1 amide bonds. The van der Waals surface area contributed by atoms with Gasteiger partial charge in [0.25, 0.3) is 15.9 Å². The number of rotatable bonds is 4. The molecule has 0 N–H and O–H groups in total. The summed E-state index contributed by atoms with van der Waals surface area (Å²) < 4.78 is 32.1. The number of hydrogen-bond acceptors (Lipinski definition) is 5. The van der Waals surface area contributed by atoms with Crippen LogP contribution in [0.25, 0.3) is 0 Å². The Morgan fingerprint density at radius 2 is 1.89 bits per heavy atom. The van der Waals surface area contributed by atoms with E-state index in [0.717, 1.165) is 28.6 Å². The molecule has 1 saturated heterocycles. The fourth-order valence-electron chi connectivity index (χ4n) is 3.63. The Kier molecular flexibility index (Phi) is 5.07. The summed E-state index contributed by atoms with van der Waals surface area (Å²) in [5.41, 5.74) is 2.25. The van der Waals surface area contributed by atoms with Crippen LogP contribution in [-0.4, -0.2) is 51.5 Å². The molecular formula is C20H21ClN2O4S. The Morgan fingerprint density at radius 3 is 2.64 bits per heavy atom. The lowest BCUT2D eigenvalue weighted by molar-refractivity contribution is 0.0866. The van der Waals surface area contributed by atoms with Crippen molar-refractivity contribution in [2.75, 3.05) is 37.7 Å². The highest BCUT2D eigenvalue weighted by atomic mass is 35.5. The minimum Gasteiger partial charge on any atom is -0.378 e. The number of halogens is 1. The number of morpholine rings is 1. The van der Waals surface area contributed by atoms with E-state index in [4.69, 9.17) is 16.3 Å². The van der Waals surface area contributed by atoms with Crippen molar-refractivity contribution in [2.24, 2.45) is 0 Å². The van der Waals surface area contributed by atoms with E-state index in [-0.39, 0.29) is 22.9 Å². The minimum atomic E-state index is -3.88. The van der Waals surface area contributed by atoms with Crippen molar-refractivity contribution < 1.29 is 17.9 Å². The van der Waals surface area contributed by atoms with Gasteiger partial charge in [-0.3, -0.25) is 4.79 Å². The predicted octanol–water partition coefficient (Wildman–Crippen LogP) is 3.12. The van der Waals surface area contributed by atoms with Crippen molar-refractivity contribution in [1.82, 2.24) is 4.31 Å². The third-order valence-corrected chi connectivity index (χ3v) is 7.25. The third-order valence-electron chi connectivity index (χ3n) is 5.22. The second kappa shape index (κ2) is 7.39. The number of fused-ring (bicyclic) bond motifs is 1. The molecule has 0 spiro atoms. The first-order valence-corrected chi connectivity index (χ1v) is 11.0. The summed E-state index contributed by atoms with van der Waals surface area (Å²) in [7, 11) is -3.88. The van der Waals surface area contributed by atoms with Crippen LogP contribution in [0.5, 0.6) is 0 Å². The molecule has 2 aliphatic heterocycles. The molecule has 0 aliphatic carbocycles. The second-order valence-corrected chi connectivity index (χ2v) is 9.34. The topological polar surface area (TPSA) is 66.9 Å². The fraction of sp³-hybridized carbons (Fsp3) is 0.350. The first-order valence-electron chi connectivity index (χ1n) is 9.17. The van der Waals surface area contributed by atoms with Gasteiger partial charge in [0.1, 0.15) is 4.90 Å². The van der Waals surface area contributed by atoms with E-state index in [0.29, 0.717) is 18.2 Å². The van der Waals surface area contributed by atoms with E-state index in [9.17, 15) is 13.2 Å². The summed E-state index contributed by atoms with van der Waals surface area (Å²) in [6.07, 6.45) is 0. The minimum absolute atomic E-state index is 0.0146. The molecule has 148 valence electrons. The Morgan fingerprint density at radius 1 is 1.14 bits per heavy atom. The predicted molar refractivity (Wildman–Crippen MR) is 108 cm³/mol. The van der Waals surface area contributed by atoms with E-state index >= 15 is 0 Å². The Balaban J connectivity index is 1.57. The van der Waals surface area contributed by atoms with Gasteiger partial charge >= 0.3 is 0 Å². The van der Waals surface area contributed by atoms with Gasteiger partial charge in [-0.25, -0.2) is 12.7 Å². The van der Waals surface area contributed by atoms with Crippen molar-refractivity contribution in [3.8, 4) is 0 Å². The van der Waals surface area contributed by atoms with Gasteiger partial charge in [0.05, 0.1) is 18.8 Å². The number of sulfonamides is 1. The summed E-state index contributed by atoms with van der Waals surface area (Å²) in [6.45, 7) is 5.05. The SMILES string of the molecule is CC(CN1C(=O)c2ccc(Cl)cc2S1(=O)=O)c1cccc(N2CCOCC2)c1. The van der Waals surface area contributed by atoms with Gasteiger partial charge in [-0.1, -0.05) is 30.7 Å². The summed E-state index contributed by atoms with van der Waals surface area (Å²) >= 11 is 5.93. The number of carbonyl (C=O) groups excluding carboxylic acids is 1. The molecular weight excluding hydrogens is 400 g/mol. The van der Waals surface area contributed by atoms with Crippen LogP contribution in [0.1, 0.15) is 28.8 Å².